The Kier molecular flexibility index (Phi) is 22.4. The fraction of sp³-hybridized carbons (Fsp3) is 0.676. The van der Waals surface area contributed by atoms with Gasteiger partial charge < -0.3 is 52.5 Å². The fourth-order valence-electron chi connectivity index (χ4n) is 5.14. The lowest BCUT2D eigenvalue weighted by atomic mass is 9.98. The third kappa shape index (κ3) is 20.5. The van der Waals surface area contributed by atoms with E-state index in [9.17, 15) is 66.3 Å². The lowest BCUT2D eigenvalue weighted by Crippen LogP contribution is -2.62. The average Bonchev–Trinajstić information content (AvgIpc) is 3.09. The molecule has 0 unspecified atom stereocenters. The van der Waals surface area contributed by atoms with Gasteiger partial charge in [-0.2, -0.15) is 0 Å². The van der Waals surface area contributed by atoms with Crippen molar-refractivity contribution in [3.05, 3.63) is 0 Å². The molecule has 328 valence electrons. The molecule has 0 saturated heterocycles. The van der Waals surface area contributed by atoms with Gasteiger partial charge in [0.25, 0.3) is 5.91 Å². The van der Waals surface area contributed by atoms with Gasteiger partial charge in [-0.05, 0) is 31.1 Å². The predicted molar refractivity (Wildman–Crippen MR) is 201 cm³/mol. The zero-order chi connectivity index (χ0) is 45.1. The van der Waals surface area contributed by atoms with Crippen LogP contribution in [0.3, 0.4) is 0 Å². The van der Waals surface area contributed by atoms with Crippen LogP contribution in [-0.2, 0) is 62.6 Å². The fourth-order valence-corrected chi connectivity index (χ4v) is 5.98. The van der Waals surface area contributed by atoms with Gasteiger partial charge >= 0.3 is 17.9 Å². The van der Waals surface area contributed by atoms with Crippen LogP contribution in [0.5, 0.6) is 0 Å². The van der Waals surface area contributed by atoms with Crippen molar-refractivity contribution in [3.8, 4) is 0 Å². The first-order chi connectivity index (χ1) is 26.7. The standard InChI is InChI=1S/C34H55N7O16S/c1-8-9-19(28(49)34(55)35-14-25(47)48)37-31(52)22(15-58(7,56)57)39-32(53)26(16(2)3)41-33(54)27(17(4)5)40-30(51)21(11-13-24(45)46)38-29(50)20(36-18(6)42)10-12-23(43)44/h16-17,19-22,26-27H,8-15H2,1-7H3,(H,35,55)(H,36,42)(H,37,52)(H,38,50)(H,39,53)(H,40,51)(H,41,54)(H,43,44)(H,45,46)(H,47,48)/t19-,20-,21-,22-,26-,27-/m0/s1. The van der Waals surface area contributed by atoms with Crippen LogP contribution in [0.15, 0.2) is 0 Å². The highest BCUT2D eigenvalue weighted by Crippen LogP contribution is 2.10. The highest BCUT2D eigenvalue weighted by atomic mass is 32.2. The first kappa shape index (κ1) is 52.3. The number of carbonyl (C=O) groups excluding carboxylic acids is 8. The van der Waals surface area contributed by atoms with Crippen molar-refractivity contribution < 1.29 is 76.5 Å². The second kappa shape index (κ2) is 24.8. The van der Waals surface area contributed by atoms with Gasteiger partial charge in [0.1, 0.15) is 46.6 Å². The van der Waals surface area contributed by atoms with E-state index in [-0.39, 0.29) is 19.3 Å². The minimum Gasteiger partial charge on any atom is -0.481 e. The number of carboxylic acids is 3. The highest BCUT2D eigenvalue weighted by Gasteiger charge is 2.36. The van der Waals surface area contributed by atoms with Gasteiger partial charge in [0.15, 0.2) is 0 Å². The molecule has 7 amide bonds. The molecule has 0 aliphatic rings. The summed E-state index contributed by atoms with van der Waals surface area (Å²) in [5.41, 5.74) is 0. The molecule has 0 aromatic heterocycles. The van der Waals surface area contributed by atoms with Crippen molar-refractivity contribution in [3.63, 3.8) is 0 Å². The zero-order valence-electron chi connectivity index (χ0n) is 33.3. The van der Waals surface area contributed by atoms with Gasteiger partial charge in [-0.1, -0.05) is 41.0 Å². The molecular weight excluding hydrogens is 794 g/mol. The minimum atomic E-state index is -4.02. The largest absolute Gasteiger partial charge is 0.481 e. The van der Waals surface area contributed by atoms with Crippen molar-refractivity contribution in [2.75, 3.05) is 18.6 Å². The Morgan fingerprint density at radius 3 is 1.34 bits per heavy atom. The number of rotatable bonds is 27. The van der Waals surface area contributed by atoms with E-state index < -0.39 is 155 Å². The van der Waals surface area contributed by atoms with Crippen molar-refractivity contribution in [2.45, 2.75) is 116 Å². The molecule has 0 rings (SSSR count). The molecule has 24 heteroatoms. The van der Waals surface area contributed by atoms with Gasteiger partial charge in [-0.3, -0.25) is 52.7 Å². The van der Waals surface area contributed by atoms with E-state index >= 15 is 0 Å². The monoisotopic (exact) mass is 849 g/mol. The summed E-state index contributed by atoms with van der Waals surface area (Å²) in [5, 5.41) is 42.8. The second-order valence-electron chi connectivity index (χ2n) is 14.1. The van der Waals surface area contributed by atoms with Crippen molar-refractivity contribution in [1.29, 1.82) is 0 Å². The van der Waals surface area contributed by atoms with E-state index in [0.29, 0.717) is 0 Å². The number of Topliss-reactive ketones (excluding diaryl/α,β-unsaturated/α-hetero) is 1. The minimum absolute atomic E-state index is 0.126. The summed E-state index contributed by atoms with van der Waals surface area (Å²) in [6.45, 7) is 7.74. The molecule has 0 fully saturated rings. The summed E-state index contributed by atoms with van der Waals surface area (Å²) >= 11 is 0. The molecule has 0 aliphatic carbocycles. The Morgan fingerprint density at radius 1 is 0.534 bits per heavy atom. The normalized spacial score (nSPS) is 14.3. The van der Waals surface area contributed by atoms with Gasteiger partial charge in [0.05, 0.1) is 11.8 Å². The maximum Gasteiger partial charge on any atom is 0.322 e. The number of aliphatic carboxylic acids is 3. The van der Waals surface area contributed by atoms with Crippen LogP contribution < -0.4 is 37.2 Å². The maximum atomic E-state index is 13.7. The Labute approximate surface area is 334 Å². The summed E-state index contributed by atoms with van der Waals surface area (Å²) in [7, 11) is -4.02. The number of carboxylic acid groups (broad SMARTS) is 3. The molecule has 0 aliphatic heterocycles. The molecule has 6 atom stereocenters. The van der Waals surface area contributed by atoms with Gasteiger partial charge in [-0.25, -0.2) is 8.42 Å². The molecule has 0 radical (unpaired) electrons. The summed E-state index contributed by atoms with van der Waals surface area (Å²) in [6, 6.07) is -9.38. The maximum absolute atomic E-state index is 13.7. The van der Waals surface area contributed by atoms with E-state index in [4.69, 9.17) is 10.2 Å². The van der Waals surface area contributed by atoms with E-state index in [2.05, 4.69) is 31.9 Å². The topological polar surface area (TPSA) is 367 Å². The molecule has 0 heterocycles. The van der Waals surface area contributed by atoms with E-state index in [1.807, 2.05) is 5.32 Å². The van der Waals surface area contributed by atoms with Crippen molar-refractivity contribution in [1.82, 2.24) is 37.2 Å². The molecule has 0 aromatic rings. The van der Waals surface area contributed by atoms with Crippen molar-refractivity contribution >= 4 is 74.9 Å². The van der Waals surface area contributed by atoms with Crippen LogP contribution in [0.2, 0.25) is 0 Å². The molecular formula is C34H55N7O16S. The number of sulfone groups is 1. The van der Waals surface area contributed by atoms with Crippen molar-refractivity contribution in [2.24, 2.45) is 11.8 Å². The average molecular weight is 850 g/mol. The third-order valence-corrected chi connectivity index (χ3v) is 8.99. The Hall–Kier alpha value is -5.68. The highest BCUT2D eigenvalue weighted by molar-refractivity contribution is 7.90. The molecule has 10 N–H and O–H groups in total. The zero-order valence-corrected chi connectivity index (χ0v) is 34.1. The number of hydrogen-bond acceptors (Lipinski definition) is 13. The van der Waals surface area contributed by atoms with Crippen LogP contribution in [0.25, 0.3) is 0 Å². The number of nitrogens with one attached hydrogen (secondary N) is 7. The van der Waals surface area contributed by atoms with Crippen LogP contribution in [0.1, 0.15) is 80.1 Å². The number of hydrogen-bond donors (Lipinski definition) is 10. The van der Waals surface area contributed by atoms with Crippen LogP contribution >= 0.6 is 0 Å². The Bertz CT molecular complexity index is 1670. The molecule has 0 spiro atoms. The predicted octanol–water partition coefficient (Wildman–Crippen LogP) is -3.43. The SMILES string of the molecule is CCC[C@H](NC(=O)[C@H](CS(C)(=O)=O)NC(=O)[C@@H](NC(=O)[C@@H](NC(=O)[C@H](CCC(=O)O)NC(=O)[C@H](CCC(=O)O)NC(C)=O)C(C)C)C(C)C)C(=O)C(=O)NCC(=O)O. The third-order valence-electron chi connectivity index (χ3n) is 8.05. The Balaban J connectivity index is 6.35. The van der Waals surface area contributed by atoms with Crippen LogP contribution in [0.4, 0.5) is 0 Å². The summed E-state index contributed by atoms with van der Waals surface area (Å²) < 4.78 is 24.6. The van der Waals surface area contributed by atoms with Gasteiger partial charge in [0, 0.05) is 26.0 Å². The second-order valence-corrected chi connectivity index (χ2v) is 16.3. The van der Waals surface area contributed by atoms with Gasteiger partial charge in [-0.15, -0.1) is 0 Å². The van der Waals surface area contributed by atoms with Gasteiger partial charge in [0.2, 0.25) is 41.2 Å². The molecule has 23 nitrogen and oxygen atoms in total. The first-order valence-corrected chi connectivity index (χ1v) is 20.2. The van der Waals surface area contributed by atoms with E-state index in [1.54, 1.807) is 6.92 Å². The summed E-state index contributed by atoms with van der Waals surface area (Å²) in [4.78, 5) is 137. The number of amides is 7. The molecule has 0 saturated carbocycles. The Morgan fingerprint density at radius 2 is 0.931 bits per heavy atom. The quantitative estimate of drug-likeness (QED) is 0.0360. The molecule has 0 bridgehead atoms. The summed E-state index contributed by atoms with van der Waals surface area (Å²) in [6.07, 6.45) is -1.19. The molecule has 58 heavy (non-hydrogen) atoms. The summed E-state index contributed by atoms with van der Waals surface area (Å²) in [5.74, 6) is -15.1. The lowest BCUT2D eigenvalue weighted by Gasteiger charge is -2.30. The van der Waals surface area contributed by atoms with Crippen LogP contribution in [0, 0.1) is 11.8 Å². The smallest absolute Gasteiger partial charge is 0.322 e. The number of ketones is 1. The number of carbonyl (C=O) groups is 11. The van der Waals surface area contributed by atoms with E-state index in [1.165, 1.54) is 27.7 Å². The first-order valence-electron chi connectivity index (χ1n) is 18.1. The van der Waals surface area contributed by atoms with E-state index in [0.717, 1.165) is 13.2 Å². The van der Waals surface area contributed by atoms with Crippen LogP contribution in [-0.4, -0.2) is 144 Å². The lowest BCUT2D eigenvalue weighted by molar-refractivity contribution is -0.143. The molecule has 0 aromatic carbocycles.